The quantitative estimate of drug-likeness (QED) is 0.670. The highest BCUT2D eigenvalue weighted by atomic mass is 79.9. The van der Waals surface area contributed by atoms with Crippen molar-refractivity contribution >= 4 is 33.3 Å². The van der Waals surface area contributed by atoms with Crippen molar-refractivity contribution < 1.29 is 0 Å². The van der Waals surface area contributed by atoms with Gasteiger partial charge < -0.3 is 5.73 Å². The summed E-state index contributed by atoms with van der Waals surface area (Å²) in [5, 5.41) is 7.85. The fourth-order valence-electron chi connectivity index (χ4n) is 2.30. The minimum Gasteiger partial charge on any atom is -0.382 e. The second kappa shape index (κ2) is 5.54. The SMILES string of the molecule is Cc1cccc(-c2[nH]nc(N)c2-c2ccc(Br)cc2)c1Cl. The smallest absolute Gasteiger partial charge is 0.153 e. The van der Waals surface area contributed by atoms with Crippen LogP contribution in [0, 0.1) is 6.92 Å². The average molecular weight is 363 g/mol. The maximum absolute atomic E-state index is 6.43. The van der Waals surface area contributed by atoms with Crippen molar-refractivity contribution in [1.82, 2.24) is 10.2 Å². The van der Waals surface area contributed by atoms with Crippen molar-refractivity contribution in [3.63, 3.8) is 0 Å². The molecule has 0 saturated heterocycles. The summed E-state index contributed by atoms with van der Waals surface area (Å²) < 4.78 is 1.02. The molecule has 0 saturated carbocycles. The highest BCUT2D eigenvalue weighted by Gasteiger charge is 2.17. The predicted molar refractivity (Wildman–Crippen MR) is 91.3 cm³/mol. The molecule has 5 heteroatoms. The standard InChI is InChI=1S/C16H13BrClN3/c1-9-3-2-4-12(14(9)18)15-13(16(19)21-20-15)10-5-7-11(17)8-6-10/h2-8H,1H3,(H3,19,20,21). The molecule has 0 atom stereocenters. The third-order valence-electron chi connectivity index (χ3n) is 3.39. The lowest BCUT2D eigenvalue weighted by Gasteiger charge is -2.08. The molecule has 0 fully saturated rings. The Kier molecular flexibility index (Phi) is 3.74. The molecule has 0 unspecified atom stereocenters. The number of nitrogens with two attached hydrogens (primary N) is 1. The zero-order valence-corrected chi connectivity index (χ0v) is 13.7. The number of hydrogen-bond donors (Lipinski definition) is 2. The summed E-state index contributed by atoms with van der Waals surface area (Å²) in [6.45, 7) is 1.98. The van der Waals surface area contributed by atoms with E-state index in [9.17, 15) is 0 Å². The van der Waals surface area contributed by atoms with E-state index in [-0.39, 0.29) is 0 Å². The van der Waals surface area contributed by atoms with Crippen LogP contribution in [0.4, 0.5) is 5.82 Å². The van der Waals surface area contributed by atoms with Crippen molar-refractivity contribution in [2.75, 3.05) is 5.73 Å². The molecule has 0 bridgehead atoms. The van der Waals surface area contributed by atoms with Crippen molar-refractivity contribution in [2.24, 2.45) is 0 Å². The Morgan fingerprint density at radius 3 is 2.57 bits per heavy atom. The summed E-state index contributed by atoms with van der Waals surface area (Å²) in [7, 11) is 0. The molecular formula is C16H13BrClN3. The topological polar surface area (TPSA) is 54.7 Å². The van der Waals surface area contributed by atoms with Gasteiger partial charge in [0, 0.05) is 10.0 Å². The zero-order valence-electron chi connectivity index (χ0n) is 11.3. The summed E-state index contributed by atoms with van der Waals surface area (Å²) in [6, 6.07) is 13.9. The predicted octanol–water partition coefficient (Wildman–Crippen LogP) is 5.05. The first kappa shape index (κ1) is 14.2. The lowest BCUT2D eigenvalue weighted by atomic mass is 10.00. The van der Waals surface area contributed by atoms with Crippen LogP contribution in [0.15, 0.2) is 46.9 Å². The largest absolute Gasteiger partial charge is 0.382 e. The number of hydrogen-bond acceptors (Lipinski definition) is 2. The number of aromatic nitrogens is 2. The first-order chi connectivity index (χ1) is 10.1. The Morgan fingerprint density at radius 2 is 1.86 bits per heavy atom. The summed E-state index contributed by atoms with van der Waals surface area (Å²) >= 11 is 9.86. The molecule has 3 aromatic rings. The van der Waals surface area contributed by atoms with Gasteiger partial charge in [-0.2, -0.15) is 5.10 Å². The first-order valence-corrected chi connectivity index (χ1v) is 7.60. The fraction of sp³-hybridized carbons (Fsp3) is 0.0625. The van der Waals surface area contributed by atoms with E-state index in [1.165, 1.54) is 0 Å². The van der Waals surface area contributed by atoms with Crippen LogP contribution in [0.5, 0.6) is 0 Å². The molecule has 106 valence electrons. The molecule has 0 aliphatic carbocycles. The molecule has 2 aromatic carbocycles. The van der Waals surface area contributed by atoms with Gasteiger partial charge in [-0.1, -0.05) is 57.9 Å². The van der Waals surface area contributed by atoms with E-state index in [0.29, 0.717) is 10.8 Å². The number of nitrogen functional groups attached to an aromatic ring is 1. The third-order valence-corrected chi connectivity index (χ3v) is 4.42. The molecule has 0 radical (unpaired) electrons. The number of aromatic amines is 1. The van der Waals surface area contributed by atoms with Gasteiger partial charge in [-0.25, -0.2) is 0 Å². The average Bonchev–Trinajstić information content (AvgIpc) is 2.85. The minimum atomic E-state index is 0.463. The van der Waals surface area contributed by atoms with Crippen LogP contribution < -0.4 is 5.73 Å². The molecule has 0 amide bonds. The van der Waals surface area contributed by atoms with Crippen molar-refractivity contribution in [2.45, 2.75) is 6.92 Å². The number of rotatable bonds is 2. The monoisotopic (exact) mass is 361 g/mol. The number of benzene rings is 2. The number of H-pyrrole nitrogens is 1. The van der Waals surface area contributed by atoms with Crippen molar-refractivity contribution in [3.8, 4) is 22.4 Å². The molecule has 0 spiro atoms. The van der Waals surface area contributed by atoms with Gasteiger partial charge in [0.15, 0.2) is 5.82 Å². The lowest BCUT2D eigenvalue weighted by molar-refractivity contribution is 1.10. The summed E-state index contributed by atoms with van der Waals surface area (Å²) in [4.78, 5) is 0. The van der Waals surface area contributed by atoms with E-state index < -0.39 is 0 Å². The Morgan fingerprint density at radius 1 is 1.14 bits per heavy atom. The van der Waals surface area contributed by atoms with Gasteiger partial charge in [0.25, 0.3) is 0 Å². The second-order valence-corrected chi connectivity index (χ2v) is 6.10. The molecule has 3 N–H and O–H groups in total. The van der Waals surface area contributed by atoms with Gasteiger partial charge in [-0.3, -0.25) is 5.10 Å². The fourth-order valence-corrected chi connectivity index (χ4v) is 2.78. The minimum absolute atomic E-state index is 0.463. The molecule has 21 heavy (non-hydrogen) atoms. The molecule has 3 rings (SSSR count). The van der Waals surface area contributed by atoms with E-state index in [0.717, 1.165) is 32.4 Å². The van der Waals surface area contributed by atoms with Gasteiger partial charge in [-0.05, 0) is 30.2 Å². The van der Waals surface area contributed by atoms with E-state index in [2.05, 4.69) is 26.1 Å². The number of nitrogens with one attached hydrogen (secondary N) is 1. The van der Waals surface area contributed by atoms with Crippen LogP contribution in [0.2, 0.25) is 5.02 Å². The van der Waals surface area contributed by atoms with Crippen LogP contribution in [-0.4, -0.2) is 10.2 Å². The van der Waals surface area contributed by atoms with Crippen LogP contribution in [0.25, 0.3) is 22.4 Å². The van der Waals surface area contributed by atoms with Crippen LogP contribution >= 0.6 is 27.5 Å². The maximum Gasteiger partial charge on any atom is 0.153 e. The lowest BCUT2D eigenvalue weighted by Crippen LogP contribution is -1.89. The van der Waals surface area contributed by atoms with E-state index >= 15 is 0 Å². The van der Waals surface area contributed by atoms with Crippen LogP contribution in [0.3, 0.4) is 0 Å². The Hall–Kier alpha value is -1.78. The molecule has 1 heterocycles. The van der Waals surface area contributed by atoms with Crippen LogP contribution in [-0.2, 0) is 0 Å². The molecule has 0 aliphatic heterocycles. The van der Waals surface area contributed by atoms with Crippen LogP contribution in [0.1, 0.15) is 5.56 Å². The molecule has 3 nitrogen and oxygen atoms in total. The van der Waals surface area contributed by atoms with Gasteiger partial charge >= 0.3 is 0 Å². The number of aryl methyl sites for hydroxylation is 1. The van der Waals surface area contributed by atoms with E-state index in [1.807, 2.05) is 49.4 Å². The van der Waals surface area contributed by atoms with E-state index in [1.54, 1.807) is 0 Å². The summed E-state index contributed by atoms with van der Waals surface area (Å²) in [5.41, 5.74) is 10.7. The molecule has 1 aromatic heterocycles. The first-order valence-electron chi connectivity index (χ1n) is 6.43. The van der Waals surface area contributed by atoms with Crippen molar-refractivity contribution in [3.05, 3.63) is 57.5 Å². The highest BCUT2D eigenvalue weighted by Crippen LogP contribution is 2.38. The third kappa shape index (κ3) is 2.57. The Labute approximate surface area is 136 Å². The van der Waals surface area contributed by atoms with Gasteiger partial charge in [0.2, 0.25) is 0 Å². The summed E-state index contributed by atoms with van der Waals surface area (Å²) in [5.74, 6) is 0.463. The Bertz CT molecular complexity index is 794. The normalized spacial score (nSPS) is 10.8. The van der Waals surface area contributed by atoms with Crippen molar-refractivity contribution in [1.29, 1.82) is 0 Å². The van der Waals surface area contributed by atoms with E-state index in [4.69, 9.17) is 17.3 Å². The molecule has 0 aliphatic rings. The van der Waals surface area contributed by atoms with Gasteiger partial charge in [0.05, 0.1) is 16.3 Å². The second-order valence-electron chi connectivity index (χ2n) is 4.80. The highest BCUT2D eigenvalue weighted by molar-refractivity contribution is 9.10. The number of nitrogens with zero attached hydrogens (tertiary/aromatic N) is 1. The number of halogens is 2. The Balaban J connectivity index is 2.22. The molecular weight excluding hydrogens is 350 g/mol. The van der Waals surface area contributed by atoms with Gasteiger partial charge in [-0.15, -0.1) is 0 Å². The zero-order chi connectivity index (χ0) is 15.0. The summed E-state index contributed by atoms with van der Waals surface area (Å²) in [6.07, 6.45) is 0. The number of anilines is 1. The van der Waals surface area contributed by atoms with Gasteiger partial charge in [0.1, 0.15) is 0 Å². The maximum atomic E-state index is 6.43.